The number of rotatable bonds is 4. The lowest BCUT2D eigenvalue weighted by atomic mass is 10.3. The highest BCUT2D eigenvalue weighted by atomic mass is 32.1. The van der Waals surface area contributed by atoms with Crippen molar-refractivity contribution in [3.8, 4) is 21.3 Å². The Kier molecular flexibility index (Phi) is 3.43. The molecule has 0 fully saturated rings. The highest BCUT2D eigenvalue weighted by Gasteiger charge is 2.13. The first kappa shape index (κ1) is 13.1. The van der Waals surface area contributed by atoms with Crippen molar-refractivity contribution in [2.45, 2.75) is 6.61 Å². The molecule has 3 rings (SSSR count). The first-order valence-electron chi connectivity index (χ1n) is 5.80. The lowest BCUT2D eigenvalue weighted by molar-refractivity contribution is 0.0702. The second-order valence-corrected chi connectivity index (χ2v) is 6.31. The van der Waals surface area contributed by atoms with Gasteiger partial charge in [-0.25, -0.2) is 4.79 Å². The Labute approximate surface area is 122 Å². The number of hydrogen-bond donors (Lipinski definition) is 2. The molecule has 20 heavy (non-hydrogen) atoms. The lowest BCUT2D eigenvalue weighted by Gasteiger charge is -1.92. The van der Waals surface area contributed by atoms with Crippen LogP contribution in [0.2, 0.25) is 0 Å². The molecule has 0 saturated carbocycles. The number of carboxylic acid groups (broad SMARTS) is 1. The van der Waals surface area contributed by atoms with E-state index in [1.165, 1.54) is 22.7 Å². The van der Waals surface area contributed by atoms with Crippen molar-refractivity contribution in [3.05, 3.63) is 46.2 Å². The van der Waals surface area contributed by atoms with E-state index in [9.17, 15) is 4.79 Å². The summed E-state index contributed by atoms with van der Waals surface area (Å²) in [5.41, 5.74) is 0. The molecule has 3 heterocycles. The van der Waals surface area contributed by atoms with Crippen LogP contribution in [-0.2, 0) is 6.61 Å². The lowest BCUT2D eigenvalue weighted by Crippen LogP contribution is -1.89. The zero-order valence-electron chi connectivity index (χ0n) is 10.2. The molecule has 0 bridgehead atoms. The van der Waals surface area contributed by atoms with Crippen molar-refractivity contribution in [1.29, 1.82) is 0 Å². The van der Waals surface area contributed by atoms with Gasteiger partial charge in [0.25, 0.3) is 0 Å². The Morgan fingerprint density at radius 2 is 1.65 bits per heavy atom. The van der Waals surface area contributed by atoms with E-state index in [2.05, 4.69) is 0 Å². The molecule has 0 aromatic carbocycles. The van der Waals surface area contributed by atoms with Crippen LogP contribution in [-0.4, -0.2) is 16.2 Å². The fourth-order valence-corrected chi connectivity index (χ4v) is 3.42. The fourth-order valence-electron chi connectivity index (χ4n) is 1.78. The van der Waals surface area contributed by atoms with E-state index in [0.717, 1.165) is 20.4 Å². The van der Waals surface area contributed by atoms with E-state index in [-0.39, 0.29) is 11.5 Å². The molecular weight excluding hydrogens is 296 g/mol. The van der Waals surface area contributed by atoms with Gasteiger partial charge in [0.15, 0.2) is 0 Å². The number of furan rings is 1. The van der Waals surface area contributed by atoms with Gasteiger partial charge in [-0.3, -0.25) is 0 Å². The molecule has 0 amide bonds. The van der Waals surface area contributed by atoms with Gasteiger partial charge in [-0.15, -0.1) is 22.7 Å². The van der Waals surface area contributed by atoms with Crippen LogP contribution in [0.15, 0.2) is 40.8 Å². The van der Waals surface area contributed by atoms with Gasteiger partial charge >= 0.3 is 5.97 Å². The third-order valence-electron chi connectivity index (χ3n) is 2.73. The van der Waals surface area contributed by atoms with Gasteiger partial charge in [-0.2, -0.15) is 0 Å². The van der Waals surface area contributed by atoms with Crippen molar-refractivity contribution in [2.75, 3.05) is 0 Å². The zero-order chi connectivity index (χ0) is 14.1. The molecule has 0 saturated heterocycles. The van der Waals surface area contributed by atoms with Gasteiger partial charge in [0.05, 0.1) is 16.4 Å². The van der Waals surface area contributed by atoms with Crippen molar-refractivity contribution < 1.29 is 19.4 Å². The summed E-state index contributed by atoms with van der Waals surface area (Å²) in [7, 11) is 0. The summed E-state index contributed by atoms with van der Waals surface area (Å²) < 4.78 is 5.75. The Balaban J connectivity index is 1.90. The number of hydrogen-bond acceptors (Lipinski definition) is 5. The topological polar surface area (TPSA) is 70.7 Å². The summed E-state index contributed by atoms with van der Waals surface area (Å²) in [5, 5.41) is 18.0. The molecule has 0 aliphatic heterocycles. The summed E-state index contributed by atoms with van der Waals surface area (Å²) >= 11 is 2.65. The van der Waals surface area contributed by atoms with Crippen molar-refractivity contribution >= 4 is 28.6 Å². The van der Waals surface area contributed by atoms with Crippen LogP contribution in [0, 0.1) is 0 Å². The molecule has 3 aromatic rings. The average Bonchev–Trinajstić information content (AvgIpc) is 3.17. The van der Waals surface area contributed by atoms with E-state index >= 15 is 0 Å². The SMILES string of the molecule is O=C(O)c1ccc(-c2ccc(-c3ccc(CO)s3)o2)s1. The summed E-state index contributed by atoms with van der Waals surface area (Å²) in [4.78, 5) is 13.8. The van der Waals surface area contributed by atoms with Gasteiger partial charge in [0.1, 0.15) is 16.4 Å². The Hall–Kier alpha value is -1.89. The minimum atomic E-state index is -0.932. The minimum Gasteiger partial charge on any atom is -0.477 e. The van der Waals surface area contributed by atoms with E-state index in [0.29, 0.717) is 5.76 Å². The van der Waals surface area contributed by atoms with E-state index < -0.39 is 5.97 Å². The van der Waals surface area contributed by atoms with Crippen LogP contribution in [0.1, 0.15) is 14.5 Å². The first-order valence-corrected chi connectivity index (χ1v) is 7.44. The molecular formula is C14H10O4S2. The monoisotopic (exact) mass is 306 g/mol. The summed E-state index contributed by atoms with van der Waals surface area (Å²) in [6, 6.07) is 10.7. The Morgan fingerprint density at radius 1 is 1.00 bits per heavy atom. The summed E-state index contributed by atoms with van der Waals surface area (Å²) in [6.45, 7) is 0.0190. The molecule has 0 atom stereocenters. The van der Waals surface area contributed by atoms with Crippen LogP contribution >= 0.6 is 22.7 Å². The van der Waals surface area contributed by atoms with Crippen molar-refractivity contribution in [3.63, 3.8) is 0 Å². The predicted molar refractivity (Wildman–Crippen MR) is 78.2 cm³/mol. The highest BCUT2D eigenvalue weighted by Crippen LogP contribution is 2.35. The number of aliphatic hydroxyl groups is 1. The van der Waals surface area contributed by atoms with Crippen LogP contribution in [0.4, 0.5) is 0 Å². The summed E-state index contributed by atoms with van der Waals surface area (Å²) in [5.74, 6) is 0.435. The number of carbonyl (C=O) groups is 1. The van der Waals surface area contributed by atoms with Crippen LogP contribution in [0.25, 0.3) is 21.3 Å². The normalized spacial score (nSPS) is 10.8. The molecule has 0 spiro atoms. The molecule has 4 nitrogen and oxygen atoms in total. The molecule has 0 unspecified atom stereocenters. The maximum Gasteiger partial charge on any atom is 0.345 e. The molecule has 0 radical (unpaired) electrons. The van der Waals surface area contributed by atoms with Crippen molar-refractivity contribution in [1.82, 2.24) is 0 Å². The number of thiophene rings is 2. The molecule has 2 N–H and O–H groups in total. The van der Waals surface area contributed by atoms with Crippen LogP contribution in [0.5, 0.6) is 0 Å². The Morgan fingerprint density at radius 3 is 2.20 bits per heavy atom. The standard InChI is InChI=1S/C14H10O4S2/c15-7-8-1-4-11(19-8)9-2-3-10(18-9)12-5-6-13(20-12)14(16)17/h1-6,15H,7H2,(H,16,17). The van der Waals surface area contributed by atoms with Crippen LogP contribution < -0.4 is 0 Å². The van der Waals surface area contributed by atoms with Gasteiger partial charge in [0.2, 0.25) is 0 Å². The number of aromatic carboxylic acids is 1. The van der Waals surface area contributed by atoms with Gasteiger partial charge in [0, 0.05) is 4.88 Å². The highest BCUT2D eigenvalue weighted by molar-refractivity contribution is 7.17. The molecule has 102 valence electrons. The average molecular weight is 306 g/mol. The molecule has 3 aromatic heterocycles. The zero-order valence-corrected chi connectivity index (χ0v) is 11.8. The largest absolute Gasteiger partial charge is 0.477 e. The predicted octanol–water partition coefficient (Wildman–Crippen LogP) is 3.93. The third-order valence-corrected chi connectivity index (χ3v) is 4.90. The van der Waals surface area contributed by atoms with Gasteiger partial charge < -0.3 is 14.6 Å². The second-order valence-electron chi connectivity index (χ2n) is 4.06. The van der Waals surface area contributed by atoms with E-state index in [4.69, 9.17) is 14.6 Å². The number of aliphatic hydroxyl groups excluding tert-OH is 1. The van der Waals surface area contributed by atoms with E-state index in [1.54, 1.807) is 12.1 Å². The van der Waals surface area contributed by atoms with E-state index in [1.807, 2.05) is 24.3 Å². The molecule has 0 aliphatic rings. The number of carboxylic acids is 1. The quantitative estimate of drug-likeness (QED) is 0.766. The van der Waals surface area contributed by atoms with Gasteiger partial charge in [-0.05, 0) is 36.4 Å². The fraction of sp³-hybridized carbons (Fsp3) is 0.0714. The Bertz CT molecular complexity index is 751. The maximum absolute atomic E-state index is 10.9. The van der Waals surface area contributed by atoms with Gasteiger partial charge in [-0.1, -0.05) is 0 Å². The first-order chi connectivity index (χ1) is 9.67. The van der Waals surface area contributed by atoms with Crippen LogP contribution in [0.3, 0.4) is 0 Å². The van der Waals surface area contributed by atoms with Crippen molar-refractivity contribution in [2.24, 2.45) is 0 Å². The smallest absolute Gasteiger partial charge is 0.345 e. The summed E-state index contributed by atoms with van der Waals surface area (Å²) in [6.07, 6.45) is 0. The molecule has 0 aliphatic carbocycles. The maximum atomic E-state index is 10.9. The molecule has 6 heteroatoms. The minimum absolute atomic E-state index is 0.0190. The third kappa shape index (κ3) is 2.40. The second kappa shape index (κ2) is 5.24.